The highest BCUT2D eigenvalue weighted by atomic mass is 19.3. The van der Waals surface area contributed by atoms with Gasteiger partial charge in [-0.3, -0.25) is 0 Å². The fourth-order valence-electron chi connectivity index (χ4n) is 1.33. The zero-order valence-corrected chi connectivity index (χ0v) is 8.13. The fourth-order valence-corrected chi connectivity index (χ4v) is 1.33. The highest BCUT2D eigenvalue weighted by molar-refractivity contribution is 5.27. The van der Waals surface area contributed by atoms with Gasteiger partial charge in [0.2, 0.25) is 0 Å². The van der Waals surface area contributed by atoms with E-state index in [1.807, 2.05) is 13.0 Å². The lowest BCUT2D eigenvalue weighted by Gasteiger charge is -2.14. The molecule has 1 N–H and O–H groups in total. The van der Waals surface area contributed by atoms with Gasteiger partial charge >= 0.3 is 0 Å². The molecule has 0 aromatic heterocycles. The first-order valence-corrected chi connectivity index (χ1v) is 4.68. The van der Waals surface area contributed by atoms with Gasteiger partial charge in [-0.15, -0.1) is 0 Å². The van der Waals surface area contributed by atoms with Crippen LogP contribution in [0, 0.1) is 0 Å². The first-order valence-electron chi connectivity index (χ1n) is 4.68. The minimum Gasteiger partial charge on any atom is -0.390 e. The summed E-state index contributed by atoms with van der Waals surface area (Å²) in [5.41, 5.74) is 0.782. The molecule has 0 heterocycles. The molecule has 0 aliphatic rings. The molecule has 0 saturated carbocycles. The molecule has 0 saturated heterocycles. The molecule has 1 aromatic rings. The maximum Gasteiger partial charge on any atom is 0.295 e. The van der Waals surface area contributed by atoms with Gasteiger partial charge in [-0.2, -0.15) is 8.78 Å². The van der Waals surface area contributed by atoms with Crippen LogP contribution in [0.4, 0.5) is 8.78 Å². The van der Waals surface area contributed by atoms with E-state index in [1.165, 1.54) is 12.1 Å². The summed E-state index contributed by atoms with van der Waals surface area (Å²) in [7, 11) is 0. The van der Waals surface area contributed by atoms with Gasteiger partial charge in [0.1, 0.15) is 6.61 Å². The molecule has 0 atom stereocenters. The molecule has 3 heteroatoms. The molecular weight excluding hydrogens is 186 g/mol. The average Bonchev–Trinajstić information content (AvgIpc) is 2.19. The molecule has 0 radical (unpaired) electrons. The van der Waals surface area contributed by atoms with Gasteiger partial charge in [-0.05, 0) is 18.1 Å². The Labute approximate surface area is 82.4 Å². The van der Waals surface area contributed by atoms with E-state index < -0.39 is 12.5 Å². The van der Waals surface area contributed by atoms with Crippen LogP contribution in [0.25, 0.3) is 0 Å². The Balaban J connectivity index is 2.93. The second-order valence-electron chi connectivity index (χ2n) is 3.31. The van der Waals surface area contributed by atoms with Crippen LogP contribution < -0.4 is 0 Å². The molecule has 14 heavy (non-hydrogen) atoms. The number of halogens is 2. The summed E-state index contributed by atoms with van der Waals surface area (Å²) in [5.74, 6) is -3.12. The van der Waals surface area contributed by atoms with Crippen LogP contribution >= 0.6 is 0 Å². The van der Waals surface area contributed by atoms with Crippen molar-refractivity contribution < 1.29 is 13.9 Å². The smallest absolute Gasteiger partial charge is 0.295 e. The van der Waals surface area contributed by atoms with E-state index in [0.717, 1.165) is 18.4 Å². The van der Waals surface area contributed by atoms with E-state index in [4.69, 9.17) is 5.11 Å². The van der Waals surface area contributed by atoms with Gasteiger partial charge in [0.15, 0.2) is 0 Å². The molecule has 0 aliphatic carbocycles. The maximum absolute atomic E-state index is 13.1. The second kappa shape index (κ2) is 4.51. The first kappa shape index (κ1) is 11.1. The zero-order chi connectivity index (χ0) is 10.6. The molecule has 0 aliphatic heterocycles. The van der Waals surface area contributed by atoms with Crippen molar-refractivity contribution in [2.24, 2.45) is 0 Å². The Morgan fingerprint density at radius 1 is 1.36 bits per heavy atom. The Morgan fingerprint density at radius 2 is 2.07 bits per heavy atom. The van der Waals surface area contributed by atoms with Crippen molar-refractivity contribution in [2.75, 3.05) is 6.61 Å². The Hall–Kier alpha value is -0.960. The number of aliphatic hydroxyl groups is 1. The minimum atomic E-state index is -3.12. The van der Waals surface area contributed by atoms with E-state index in [9.17, 15) is 8.78 Å². The van der Waals surface area contributed by atoms with Crippen LogP contribution in [0.2, 0.25) is 0 Å². The van der Waals surface area contributed by atoms with E-state index in [1.54, 1.807) is 6.07 Å². The lowest BCUT2D eigenvalue weighted by atomic mass is 10.0. The Morgan fingerprint density at radius 3 is 2.64 bits per heavy atom. The summed E-state index contributed by atoms with van der Waals surface area (Å²) in [4.78, 5) is 0. The minimum absolute atomic E-state index is 0.106. The second-order valence-corrected chi connectivity index (χ2v) is 3.31. The van der Waals surface area contributed by atoms with E-state index >= 15 is 0 Å². The Bertz CT molecular complexity index is 297. The normalized spacial score (nSPS) is 11.7. The SMILES string of the molecule is CCCc1cccc(C(F)(F)CO)c1. The highest BCUT2D eigenvalue weighted by Gasteiger charge is 2.30. The van der Waals surface area contributed by atoms with Gasteiger partial charge in [0.25, 0.3) is 5.92 Å². The number of alkyl halides is 2. The standard InChI is InChI=1S/C11H14F2O/c1-2-4-9-5-3-6-10(7-9)11(12,13)8-14/h3,5-7,14H,2,4,8H2,1H3. The van der Waals surface area contributed by atoms with Crippen molar-refractivity contribution in [2.45, 2.75) is 25.7 Å². The number of benzene rings is 1. The van der Waals surface area contributed by atoms with Gasteiger partial charge < -0.3 is 5.11 Å². The lowest BCUT2D eigenvalue weighted by Crippen LogP contribution is -2.18. The van der Waals surface area contributed by atoms with Crippen molar-refractivity contribution in [3.63, 3.8) is 0 Å². The summed E-state index contributed by atoms with van der Waals surface area (Å²) < 4.78 is 26.1. The van der Waals surface area contributed by atoms with Gasteiger partial charge in [0, 0.05) is 5.56 Å². The number of hydrogen-bond donors (Lipinski definition) is 1. The molecule has 0 amide bonds. The van der Waals surface area contributed by atoms with Crippen LogP contribution in [0.1, 0.15) is 24.5 Å². The van der Waals surface area contributed by atoms with E-state index in [-0.39, 0.29) is 5.56 Å². The fraction of sp³-hybridized carbons (Fsp3) is 0.455. The summed E-state index contributed by atoms with van der Waals surface area (Å²) in [6.45, 7) is 0.861. The van der Waals surface area contributed by atoms with Crippen molar-refractivity contribution in [1.82, 2.24) is 0 Å². The van der Waals surface area contributed by atoms with E-state index in [2.05, 4.69) is 0 Å². The van der Waals surface area contributed by atoms with Gasteiger partial charge in [-0.1, -0.05) is 31.5 Å². The van der Waals surface area contributed by atoms with Crippen molar-refractivity contribution in [1.29, 1.82) is 0 Å². The topological polar surface area (TPSA) is 20.2 Å². The number of hydrogen-bond acceptors (Lipinski definition) is 1. The quantitative estimate of drug-likeness (QED) is 0.792. The van der Waals surface area contributed by atoms with E-state index in [0.29, 0.717) is 0 Å². The third-order valence-corrected chi connectivity index (χ3v) is 2.09. The molecule has 0 spiro atoms. The van der Waals surface area contributed by atoms with Crippen molar-refractivity contribution in [3.05, 3.63) is 35.4 Å². The third-order valence-electron chi connectivity index (χ3n) is 2.09. The number of aryl methyl sites for hydroxylation is 1. The largest absolute Gasteiger partial charge is 0.390 e. The zero-order valence-electron chi connectivity index (χ0n) is 8.13. The van der Waals surface area contributed by atoms with Crippen LogP contribution in [-0.2, 0) is 12.3 Å². The third kappa shape index (κ3) is 2.51. The van der Waals surface area contributed by atoms with Crippen LogP contribution in [0.3, 0.4) is 0 Å². The first-order chi connectivity index (χ1) is 6.60. The Kier molecular flexibility index (Phi) is 3.58. The molecule has 1 nitrogen and oxygen atoms in total. The monoisotopic (exact) mass is 200 g/mol. The predicted octanol–water partition coefficient (Wildman–Crippen LogP) is 2.72. The molecule has 78 valence electrons. The number of aliphatic hydroxyl groups excluding tert-OH is 1. The molecule has 0 unspecified atom stereocenters. The van der Waals surface area contributed by atoms with Gasteiger partial charge in [-0.25, -0.2) is 0 Å². The molecule has 1 aromatic carbocycles. The molecule has 0 fully saturated rings. The molecule has 0 bridgehead atoms. The number of rotatable bonds is 4. The van der Waals surface area contributed by atoms with Gasteiger partial charge in [0.05, 0.1) is 0 Å². The lowest BCUT2D eigenvalue weighted by molar-refractivity contribution is -0.0556. The maximum atomic E-state index is 13.1. The summed E-state index contributed by atoms with van der Waals surface area (Å²) >= 11 is 0. The van der Waals surface area contributed by atoms with Crippen molar-refractivity contribution in [3.8, 4) is 0 Å². The summed E-state index contributed by atoms with van der Waals surface area (Å²) in [5, 5.41) is 8.52. The summed E-state index contributed by atoms with van der Waals surface area (Å²) in [6, 6.07) is 6.22. The van der Waals surface area contributed by atoms with Crippen molar-refractivity contribution >= 4 is 0 Å². The van der Waals surface area contributed by atoms with Crippen LogP contribution in [0.5, 0.6) is 0 Å². The van der Waals surface area contributed by atoms with Crippen LogP contribution in [-0.4, -0.2) is 11.7 Å². The van der Waals surface area contributed by atoms with Crippen LogP contribution in [0.15, 0.2) is 24.3 Å². The molecular formula is C11H14F2O. The highest BCUT2D eigenvalue weighted by Crippen LogP contribution is 2.27. The molecule has 1 rings (SSSR count). The summed E-state index contributed by atoms with van der Waals surface area (Å²) in [6.07, 6.45) is 1.71. The predicted molar refractivity (Wildman–Crippen MR) is 51.4 cm³/mol. The average molecular weight is 200 g/mol.